The largest absolute Gasteiger partial charge is 0.397 e. The minimum atomic E-state index is -1.80. The van der Waals surface area contributed by atoms with Crippen LogP contribution in [0.4, 0.5) is 11.4 Å². The number of alkyl halides is 3. The maximum atomic E-state index is 12.6. The fourth-order valence-electron chi connectivity index (χ4n) is 3.20. The van der Waals surface area contributed by atoms with Crippen molar-refractivity contribution < 1.29 is 4.79 Å². The van der Waals surface area contributed by atoms with Crippen LogP contribution in [0.25, 0.3) is 6.08 Å². The van der Waals surface area contributed by atoms with Crippen LogP contribution in [0, 0.1) is 0 Å². The van der Waals surface area contributed by atoms with Crippen molar-refractivity contribution in [3.05, 3.63) is 66.2 Å². The van der Waals surface area contributed by atoms with Crippen LogP contribution in [0.2, 0.25) is 0 Å². The molecule has 1 atom stereocenters. The van der Waals surface area contributed by atoms with Crippen LogP contribution in [-0.4, -0.2) is 39.0 Å². The number of benzene rings is 2. The lowest BCUT2D eigenvalue weighted by Gasteiger charge is -2.44. The molecular formula is C21H21Cl3N4OS. The zero-order chi connectivity index (χ0) is 21.7. The lowest BCUT2D eigenvalue weighted by Crippen LogP contribution is -2.62. The van der Waals surface area contributed by atoms with E-state index in [0.717, 1.165) is 17.7 Å². The van der Waals surface area contributed by atoms with Crippen LogP contribution in [0.1, 0.15) is 12.0 Å². The highest BCUT2D eigenvalue weighted by molar-refractivity contribution is 7.80. The van der Waals surface area contributed by atoms with E-state index in [9.17, 15) is 4.79 Å². The minimum Gasteiger partial charge on any atom is -0.397 e. The number of hydrogen-bond donors (Lipinski definition) is 2. The van der Waals surface area contributed by atoms with E-state index in [0.29, 0.717) is 23.9 Å². The van der Waals surface area contributed by atoms with E-state index in [1.54, 1.807) is 17.0 Å². The van der Waals surface area contributed by atoms with Crippen molar-refractivity contribution in [3.8, 4) is 0 Å². The Labute approximate surface area is 196 Å². The summed E-state index contributed by atoms with van der Waals surface area (Å²) in [6.07, 6.45) is 2.90. The highest BCUT2D eigenvalue weighted by Crippen LogP contribution is 2.35. The second-order valence-corrected chi connectivity index (χ2v) is 9.47. The molecule has 2 aromatic rings. The number of nitrogens with one attached hydrogen (secondary N) is 1. The first kappa shape index (κ1) is 22.7. The molecular weight excluding hydrogens is 463 g/mol. The molecule has 158 valence electrons. The summed E-state index contributed by atoms with van der Waals surface area (Å²) >= 11 is 24.4. The Morgan fingerprint density at radius 1 is 1.10 bits per heavy atom. The number of nitrogens with two attached hydrogens (primary N) is 1. The molecule has 5 nitrogen and oxygen atoms in total. The summed E-state index contributed by atoms with van der Waals surface area (Å²) in [5, 5.41) is 3.21. The van der Waals surface area contributed by atoms with Gasteiger partial charge >= 0.3 is 0 Å². The highest BCUT2D eigenvalue weighted by atomic mass is 35.6. The van der Waals surface area contributed by atoms with Gasteiger partial charge < -0.3 is 20.9 Å². The molecule has 30 heavy (non-hydrogen) atoms. The summed E-state index contributed by atoms with van der Waals surface area (Å²) in [6, 6.07) is 16.9. The predicted molar refractivity (Wildman–Crippen MR) is 130 cm³/mol. The number of amides is 1. The first-order chi connectivity index (χ1) is 14.3. The van der Waals surface area contributed by atoms with Crippen LogP contribution in [0.3, 0.4) is 0 Å². The maximum Gasteiger partial charge on any atom is 0.245 e. The number of hydrogen-bond acceptors (Lipinski definition) is 3. The Balaban J connectivity index is 1.79. The first-order valence-corrected chi connectivity index (χ1v) is 10.8. The zero-order valence-electron chi connectivity index (χ0n) is 16.0. The maximum absolute atomic E-state index is 12.6. The van der Waals surface area contributed by atoms with Crippen molar-refractivity contribution in [1.29, 1.82) is 0 Å². The predicted octanol–water partition coefficient (Wildman–Crippen LogP) is 4.59. The van der Waals surface area contributed by atoms with Gasteiger partial charge in [0, 0.05) is 19.2 Å². The Morgan fingerprint density at radius 3 is 2.43 bits per heavy atom. The molecule has 0 radical (unpaired) electrons. The van der Waals surface area contributed by atoms with Gasteiger partial charge in [0.15, 0.2) is 11.3 Å². The fraction of sp³-hybridized carbons (Fsp3) is 0.238. The van der Waals surface area contributed by atoms with Crippen LogP contribution in [-0.2, 0) is 4.79 Å². The van der Waals surface area contributed by atoms with Gasteiger partial charge in [-0.05, 0) is 42.4 Å². The van der Waals surface area contributed by atoms with Gasteiger partial charge in [0.2, 0.25) is 9.70 Å². The lowest BCUT2D eigenvalue weighted by atomic mass is 10.2. The molecule has 9 heteroatoms. The third-order valence-electron chi connectivity index (χ3n) is 4.61. The summed E-state index contributed by atoms with van der Waals surface area (Å²) in [5.41, 5.74) is 8.39. The molecule has 3 rings (SSSR count). The normalized spacial score (nSPS) is 16.0. The standard InChI is InChI=1S/C21H21Cl3N4OS/c22-21(23,24)19(26-18(29)12-11-15-7-2-1-3-8-15)28-14-6-13-27(20(28)30)17-10-5-4-9-16(17)25/h1-5,7-12,19H,6,13-14,25H2,(H,26,29)/b12-11+. The number of rotatable bonds is 5. The van der Waals surface area contributed by atoms with Gasteiger partial charge in [0.05, 0.1) is 11.4 Å². The molecule has 2 aromatic carbocycles. The molecule has 0 bridgehead atoms. The van der Waals surface area contributed by atoms with Crippen molar-refractivity contribution in [1.82, 2.24) is 10.2 Å². The SMILES string of the molecule is Nc1ccccc1N1CCCN(C(NC(=O)/C=C/c2ccccc2)C(Cl)(Cl)Cl)C1=S. The van der Waals surface area contributed by atoms with Gasteiger partial charge in [0.1, 0.15) is 0 Å². The molecule has 1 unspecified atom stereocenters. The van der Waals surface area contributed by atoms with Crippen molar-refractivity contribution in [3.63, 3.8) is 0 Å². The topological polar surface area (TPSA) is 61.6 Å². The average molecular weight is 484 g/mol. The zero-order valence-corrected chi connectivity index (χ0v) is 19.1. The van der Waals surface area contributed by atoms with E-state index in [2.05, 4.69) is 5.32 Å². The summed E-state index contributed by atoms with van der Waals surface area (Å²) in [7, 11) is 0. The second kappa shape index (κ2) is 9.88. The van der Waals surface area contributed by atoms with E-state index in [1.165, 1.54) is 6.08 Å². The third kappa shape index (κ3) is 5.58. The minimum absolute atomic E-state index is 0.394. The van der Waals surface area contributed by atoms with E-state index in [1.807, 2.05) is 53.4 Å². The third-order valence-corrected chi connectivity index (χ3v) is 5.69. The number of thiocarbonyl (C=S) groups is 1. The van der Waals surface area contributed by atoms with Gasteiger partial charge in [-0.25, -0.2) is 0 Å². The van der Waals surface area contributed by atoms with E-state index in [4.69, 9.17) is 52.8 Å². The van der Waals surface area contributed by atoms with Crippen LogP contribution < -0.4 is 16.0 Å². The molecule has 0 aliphatic carbocycles. The van der Waals surface area contributed by atoms with Crippen molar-refractivity contribution in [2.24, 2.45) is 0 Å². The van der Waals surface area contributed by atoms with Crippen LogP contribution >= 0.6 is 47.0 Å². The molecule has 0 spiro atoms. The van der Waals surface area contributed by atoms with Gasteiger partial charge in [-0.1, -0.05) is 77.3 Å². The van der Waals surface area contributed by atoms with E-state index < -0.39 is 15.9 Å². The molecule has 3 N–H and O–H groups in total. The van der Waals surface area contributed by atoms with E-state index in [-0.39, 0.29) is 0 Å². The number of para-hydroxylation sites is 2. The van der Waals surface area contributed by atoms with Crippen molar-refractivity contribution in [2.75, 3.05) is 23.7 Å². The molecule has 1 saturated heterocycles. The Morgan fingerprint density at radius 2 is 1.77 bits per heavy atom. The number of carbonyl (C=O) groups excluding carboxylic acids is 1. The number of nitrogen functional groups attached to an aromatic ring is 1. The summed E-state index contributed by atoms with van der Waals surface area (Å²) in [6.45, 7) is 1.21. The lowest BCUT2D eigenvalue weighted by molar-refractivity contribution is -0.117. The van der Waals surface area contributed by atoms with Crippen LogP contribution in [0.15, 0.2) is 60.7 Å². The van der Waals surface area contributed by atoms with Gasteiger partial charge in [-0.3, -0.25) is 4.79 Å². The molecule has 1 heterocycles. The number of anilines is 2. The highest BCUT2D eigenvalue weighted by Gasteiger charge is 2.42. The number of carbonyl (C=O) groups is 1. The monoisotopic (exact) mass is 482 g/mol. The van der Waals surface area contributed by atoms with Gasteiger partial charge in [-0.2, -0.15) is 0 Å². The van der Waals surface area contributed by atoms with Crippen LogP contribution in [0.5, 0.6) is 0 Å². The first-order valence-electron chi connectivity index (χ1n) is 9.30. The Hall–Kier alpha value is -1.99. The van der Waals surface area contributed by atoms with Gasteiger partial charge in [-0.15, -0.1) is 0 Å². The number of nitrogens with zero attached hydrogens (tertiary/aromatic N) is 2. The number of halogens is 3. The summed E-state index contributed by atoms with van der Waals surface area (Å²) in [4.78, 5) is 16.2. The van der Waals surface area contributed by atoms with Crippen molar-refractivity contribution in [2.45, 2.75) is 16.4 Å². The smallest absolute Gasteiger partial charge is 0.245 e. The summed E-state index contributed by atoms with van der Waals surface area (Å²) in [5.74, 6) is -0.394. The Kier molecular flexibility index (Phi) is 7.47. The summed E-state index contributed by atoms with van der Waals surface area (Å²) < 4.78 is -1.80. The second-order valence-electron chi connectivity index (χ2n) is 6.74. The Bertz CT molecular complexity index is 933. The molecule has 1 aliphatic heterocycles. The quantitative estimate of drug-likeness (QED) is 0.282. The average Bonchev–Trinajstić information content (AvgIpc) is 2.72. The fourth-order valence-corrected chi connectivity index (χ4v) is 4.10. The van der Waals surface area contributed by atoms with E-state index >= 15 is 0 Å². The van der Waals surface area contributed by atoms with Crippen molar-refractivity contribution >= 4 is 75.5 Å². The molecule has 1 fully saturated rings. The molecule has 0 saturated carbocycles. The molecule has 1 amide bonds. The van der Waals surface area contributed by atoms with Gasteiger partial charge in [0.25, 0.3) is 0 Å². The molecule has 1 aliphatic rings. The molecule has 0 aromatic heterocycles.